The summed E-state index contributed by atoms with van der Waals surface area (Å²) in [6, 6.07) is 6.66. The van der Waals surface area contributed by atoms with Gasteiger partial charge in [-0.1, -0.05) is 362 Å². The van der Waals surface area contributed by atoms with Crippen molar-refractivity contribution >= 4 is 29.5 Å². The highest BCUT2D eigenvalue weighted by molar-refractivity contribution is 6.01. The maximum Gasteiger partial charge on any atom is 0.305 e. The number of aliphatic carboxylic acids is 1. The van der Waals surface area contributed by atoms with Gasteiger partial charge in [0.05, 0.1) is 0 Å². The van der Waals surface area contributed by atoms with Crippen molar-refractivity contribution in [2.24, 2.45) is 23.7 Å². The van der Waals surface area contributed by atoms with E-state index < -0.39 is 11.6 Å². The van der Waals surface area contributed by atoms with Crippen LogP contribution in [0.2, 0.25) is 0 Å². The van der Waals surface area contributed by atoms with Gasteiger partial charge in [0, 0.05) is 44.3 Å². The molecule has 0 aliphatic carbocycles. The molecule has 0 saturated carbocycles. The number of amides is 2. The van der Waals surface area contributed by atoms with Gasteiger partial charge < -0.3 is 30.3 Å². The quantitative estimate of drug-likeness (QED) is 0.0282. The first-order valence-electron chi connectivity index (χ1n) is 42.2. The molecule has 4 N–H and O–H groups in total. The third kappa shape index (κ3) is 57.8. The first-order valence-corrected chi connectivity index (χ1v) is 42.2. The number of hydrogen-bond acceptors (Lipinski definition) is 8. The van der Waals surface area contributed by atoms with E-state index in [0.29, 0.717) is 50.1 Å². The highest BCUT2D eigenvalue weighted by atomic mass is 16.6. The number of carbonyl (C=O) groups excluding carboxylic acids is 4. The number of Topliss-reactive ketones (excluding diaryl/α,β-unsaturated/α-hetero) is 1. The number of carbonyl (C=O) groups is 5. The van der Waals surface area contributed by atoms with Gasteiger partial charge in [0.15, 0.2) is 5.78 Å². The molecule has 0 aromatic heterocycles. The maximum atomic E-state index is 12.7. The number of nitrogens with one attached hydrogen (secondary N) is 2. The van der Waals surface area contributed by atoms with Crippen LogP contribution in [0.4, 0.5) is 0 Å². The number of rotatable bonds is 75. The minimum atomic E-state index is -1.43. The maximum absolute atomic E-state index is 12.7. The molecule has 566 valence electrons. The van der Waals surface area contributed by atoms with Crippen LogP contribution in [-0.2, 0) is 23.9 Å². The van der Waals surface area contributed by atoms with Crippen molar-refractivity contribution in [2.45, 2.75) is 432 Å². The number of carboxylic acid groups (broad SMARTS) is 1. The Kier molecular flexibility index (Phi) is 63.3. The van der Waals surface area contributed by atoms with Gasteiger partial charge in [-0.3, -0.25) is 24.0 Å². The Hall–Kier alpha value is -3.47. The summed E-state index contributed by atoms with van der Waals surface area (Å²) in [7, 11) is 0. The van der Waals surface area contributed by atoms with E-state index in [1.54, 1.807) is 24.3 Å². The van der Waals surface area contributed by atoms with Gasteiger partial charge in [0.1, 0.15) is 24.6 Å². The zero-order valence-electron chi connectivity index (χ0n) is 64.6. The summed E-state index contributed by atoms with van der Waals surface area (Å²) in [5.74, 6) is 2.96. The topological polar surface area (TPSA) is 168 Å². The fourth-order valence-corrected chi connectivity index (χ4v) is 14.8. The largest absolute Gasteiger partial charge is 0.490 e. The third-order valence-corrected chi connectivity index (χ3v) is 21.0. The van der Waals surface area contributed by atoms with Crippen molar-refractivity contribution < 1.29 is 43.7 Å². The highest BCUT2D eigenvalue weighted by Crippen LogP contribution is 2.36. The van der Waals surface area contributed by atoms with Gasteiger partial charge in [-0.15, -0.1) is 0 Å². The van der Waals surface area contributed by atoms with Crippen LogP contribution in [0.5, 0.6) is 5.75 Å². The normalized spacial score (nSPS) is 12.9. The summed E-state index contributed by atoms with van der Waals surface area (Å²) in [6.45, 7) is 13.6. The van der Waals surface area contributed by atoms with Gasteiger partial charge in [-0.25, -0.2) is 0 Å². The van der Waals surface area contributed by atoms with E-state index in [-0.39, 0.29) is 36.8 Å². The van der Waals surface area contributed by atoms with Crippen molar-refractivity contribution in [3.8, 4) is 5.75 Å². The number of carboxylic acids is 1. The number of unbranched alkanes of at least 4 members (excludes halogenated alkanes) is 40. The lowest BCUT2D eigenvalue weighted by Gasteiger charge is -2.28. The Morgan fingerprint density at radius 2 is 0.608 bits per heavy atom. The van der Waals surface area contributed by atoms with Crippen LogP contribution in [0, 0.1) is 23.7 Å². The Morgan fingerprint density at radius 3 is 0.887 bits per heavy atom. The second-order valence-electron chi connectivity index (χ2n) is 30.5. The molecule has 0 spiro atoms. The molecule has 97 heavy (non-hydrogen) atoms. The fraction of sp³-hybridized carbons (Fsp3) is 0.872. The summed E-state index contributed by atoms with van der Waals surface area (Å²) in [6.07, 6.45) is 73.7. The Balaban J connectivity index is 2.45. The molecule has 1 rings (SSSR count). The lowest BCUT2D eigenvalue weighted by atomic mass is 9.78. The molecule has 0 bridgehead atoms. The summed E-state index contributed by atoms with van der Waals surface area (Å²) in [5.41, 5.74) is -1.01. The van der Waals surface area contributed by atoms with E-state index in [2.05, 4.69) is 38.3 Å². The van der Waals surface area contributed by atoms with Crippen LogP contribution in [-0.4, -0.2) is 71.7 Å². The molecule has 0 aliphatic rings. The van der Waals surface area contributed by atoms with Crippen molar-refractivity contribution in [3.05, 3.63) is 29.8 Å². The van der Waals surface area contributed by atoms with Crippen molar-refractivity contribution in [1.29, 1.82) is 0 Å². The standard InChI is InChI=1S/C86H158N2O9/c1-7-11-15-19-31-43-55-75(77(57-45-33-21-17-13-9-3)61-49-37-25-29-41-53-65-83(91)92)59-47-35-23-27-39-51-63-81(89)87-71-72-88-82(90)64-52-40-28-24-36-48-60-76(56-44-32-20-16-12-8-2)78(58-46-34-22-18-14-10-4)62-50-38-26-30-42-54-66-84(93)97-74-73-96-80-69-67-79(68-70-80)85(94)86(5,6)95/h67-70,75-78,95H,7-66,71-74H2,1-6H3,(H,87,89)(H,88,90)(H,91,92). The smallest absolute Gasteiger partial charge is 0.305 e. The van der Waals surface area contributed by atoms with Crippen molar-refractivity contribution in [3.63, 3.8) is 0 Å². The Morgan fingerprint density at radius 1 is 0.351 bits per heavy atom. The number of benzene rings is 1. The number of hydrogen-bond donors (Lipinski definition) is 4. The van der Waals surface area contributed by atoms with Gasteiger partial charge in [0.2, 0.25) is 11.8 Å². The van der Waals surface area contributed by atoms with E-state index in [1.165, 1.54) is 316 Å². The van der Waals surface area contributed by atoms with E-state index in [9.17, 15) is 29.1 Å². The molecular formula is C86H158N2O9. The lowest BCUT2D eigenvalue weighted by Crippen LogP contribution is -2.34. The highest BCUT2D eigenvalue weighted by Gasteiger charge is 2.26. The van der Waals surface area contributed by atoms with E-state index in [1.807, 2.05) is 0 Å². The molecule has 4 atom stereocenters. The van der Waals surface area contributed by atoms with Gasteiger partial charge in [-0.2, -0.15) is 0 Å². The SMILES string of the molecule is CCCCCCCCC(CCCCCCCCC(=O)O)C(CCCCCCCC)CCCCCCCCC(=O)NCCNC(=O)CCCCCCCCC(CCCCCCCC)C(CCCCCCCC)CCCCCCCCC(=O)OCCOc1ccc(C(=O)C(C)(C)O)cc1. The lowest BCUT2D eigenvalue weighted by molar-refractivity contribution is -0.144. The second kappa shape index (κ2) is 67.0. The summed E-state index contributed by atoms with van der Waals surface area (Å²) in [4.78, 5) is 61.1. The van der Waals surface area contributed by atoms with Crippen LogP contribution < -0.4 is 15.4 Å². The van der Waals surface area contributed by atoms with Crippen LogP contribution in [0.3, 0.4) is 0 Å². The first-order chi connectivity index (χ1) is 47.2. The summed E-state index contributed by atoms with van der Waals surface area (Å²) in [5, 5.41) is 25.1. The molecule has 0 fully saturated rings. The minimum absolute atomic E-state index is 0.103. The van der Waals surface area contributed by atoms with Crippen LogP contribution in [0.15, 0.2) is 24.3 Å². The average Bonchev–Trinajstić information content (AvgIpc) is 0.882. The summed E-state index contributed by atoms with van der Waals surface area (Å²) < 4.78 is 11.1. The molecule has 0 saturated heterocycles. The third-order valence-electron chi connectivity index (χ3n) is 21.0. The van der Waals surface area contributed by atoms with Gasteiger partial charge in [-0.05, 0) is 87.5 Å². The molecule has 1 aromatic carbocycles. The predicted molar refractivity (Wildman–Crippen MR) is 411 cm³/mol. The molecular weight excluding hydrogens is 1200 g/mol. The van der Waals surface area contributed by atoms with E-state index >= 15 is 0 Å². The number of ketones is 1. The number of aliphatic hydroxyl groups is 1. The minimum Gasteiger partial charge on any atom is -0.490 e. The second-order valence-corrected chi connectivity index (χ2v) is 30.5. The Labute approximate surface area is 598 Å². The molecule has 0 radical (unpaired) electrons. The zero-order valence-corrected chi connectivity index (χ0v) is 64.6. The fourth-order valence-electron chi connectivity index (χ4n) is 14.8. The molecule has 0 aliphatic heterocycles. The van der Waals surface area contributed by atoms with E-state index in [0.717, 1.165) is 81.5 Å². The molecule has 1 aromatic rings. The molecule has 0 heterocycles. The van der Waals surface area contributed by atoms with E-state index in [4.69, 9.17) is 14.6 Å². The first kappa shape index (κ1) is 91.5. The average molecular weight is 1360 g/mol. The van der Waals surface area contributed by atoms with Crippen molar-refractivity contribution in [1.82, 2.24) is 10.6 Å². The zero-order chi connectivity index (χ0) is 70.8. The van der Waals surface area contributed by atoms with Crippen molar-refractivity contribution in [2.75, 3.05) is 26.3 Å². The Bertz CT molecular complexity index is 1950. The molecule has 11 nitrogen and oxygen atoms in total. The van der Waals surface area contributed by atoms with Crippen LogP contribution in [0.25, 0.3) is 0 Å². The van der Waals surface area contributed by atoms with Crippen LogP contribution >= 0.6 is 0 Å². The van der Waals surface area contributed by atoms with Gasteiger partial charge >= 0.3 is 11.9 Å². The monoisotopic (exact) mass is 1360 g/mol. The number of esters is 1. The van der Waals surface area contributed by atoms with Gasteiger partial charge in [0.25, 0.3) is 0 Å². The molecule has 11 heteroatoms. The van der Waals surface area contributed by atoms with Crippen LogP contribution in [0.1, 0.15) is 437 Å². The molecule has 4 unspecified atom stereocenters. The predicted octanol–water partition coefficient (Wildman–Crippen LogP) is 24.8. The molecule has 2 amide bonds. The summed E-state index contributed by atoms with van der Waals surface area (Å²) >= 11 is 0. The number of ether oxygens (including phenoxy) is 2.